The van der Waals surface area contributed by atoms with E-state index in [1.165, 1.54) is 24.3 Å². The summed E-state index contributed by atoms with van der Waals surface area (Å²) >= 11 is 0. The molecule has 7 heteroatoms. The summed E-state index contributed by atoms with van der Waals surface area (Å²) in [5.41, 5.74) is 5.62. The molecule has 130 valence electrons. The summed E-state index contributed by atoms with van der Waals surface area (Å²) in [6.07, 6.45) is 0. The first-order valence-electron chi connectivity index (χ1n) is 7.64. The molecule has 2 aromatic carbocycles. The van der Waals surface area contributed by atoms with Crippen molar-refractivity contribution < 1.29 is 18.8 Å². The van der Waals surface area contributed by atoms with Gasteiger partial charge < -0.3 is 5.32 Å². The third-order valence-corrected chi connectivity index (χ3v) is 3.33. The first kappa shape index (κ1) is 18.1. The first-order chi connectivity index (χ1) is 11.9. The standard InChI is InChI=1S/C18H18FN3O3/c1-11(2)16(23)20-15-9-5-13(6-10-15)18(25)22-21-17(24)12-3-7-14(19)8-4-12/h3-11H,1-2H3,(H,20,23)(H,21,24)(H,22,25). The van der Waals surface area contributed by atoms with Crippen molar-refractivity contribution in [3.05, 3.63) is 65.5 Å². The molecule has 0 saturated heterocycles. The number of rotatable bonds is 4. The fraction of sp³-hybridized carbons (Fsp3) is 0.167. The molecule has 0 heterocycles. The Morgan fingerprint density at radius 3 is 1.68 bits per heavy atom. The Labute approximate surface area is 144 Å². The number of nitrogens with one attached hydrogen (secondary N) is 3. The highest BCUT2D eigenvalue weighted by atomic mass is 19.1. The van der Waals surface area contributed by atoms with Gasteiger partial charge in [0, 0.05) is 22.7 Å². The van der Waals surface area contributed by atoms with Gasteiger partial charge >= 0.3 is 0 Å². The fourth-order valence-corrected chi connectivity index (χ4v) is 1.85. The van der Waals surface area contributed by atoms with E-state index in [1.54, 1.807) is 26.0 Å². The maximum absolute atomic E-state index is 12.8. The third kappa shape index (κ3) is 5.13. The van der Waals surface area contributed by atoms with E-state index in [9.17, 15) is 18.8 Å². The second-order valence-corrected chi connectivity index (χ2v) is 5.64. The van der Waals surface area contributed by atoms with Gasteiger partial charge in [-0.1, -0.05) is 13.8 Å². The van der Waals surface area contributed by atoms with E-state index in [4.69, 9.17) is 0 Å². The number of anilines is 1. The van der Waals surface area contributed by atoms with Crippen molar-refractivity contribution >= 4 is 23.4 Å². The Hall–Kier alpha value is -3.22. The van der Waals surface area contributed by atoms with Crippen molar-refractivity contribution in [3.8, 4) is 0 Å². The summed E-state index contributed by atoms with van der Waals surface area (Å²) in [5, 5.41) is 2.71. The van der Waals surface area contributed by atoms with Crippen LogP contribution in [0.5, 0.6) is 0 Å². The number of carbonyl (C=O) groups is 3. The van der Waals surface area contributed by atoms with Gasteiger partial charge in [0.25, 0.3) is 11.8 Å². The van der Waals surface area contributed by atoms with Crippen LogP contribution in [0.4, 0.5) is 10.1 Å². The van der Waals surface area contributed by atoms with E-state index < -0.39 is 17.6 Å². The van der Waals surface area contributed by atoms with Crippen LogP contribution in [0.3, 0.4) is 0 Å². The zero-order chi connectivity index (χ0) is 18.4. The number of hydrazine groups is 1. The molecule has 25 heavy (non-hydrogen) atoms. The Morgan fingerprint density at radius 2 is 1.24 bits per heavy atom. The maximum atomic E-state index is 12.8. The second-order valence-electron chi connectivity index (χ2n) is 5.64. The van der Waals surface area contributed by atoms with Gasteiger partial charge in [0.2, 0.25) is 5.91 Å². The molecule has 0 radical (unpaired) electrons. The van der Waals surface area contributed by atoms with Gasteiger partial charge in [0.05, 0.1) is 0 Å². The normalized spacial score (nSPS) is 10.2. The van der Waals surface area contributed by atoms with Crippen LogP contribution >= 0.6 is 0 Å². The molecule has 0 spiro atoms. The number of carbonyl (C=O) groups excluding carboxylic acids is 3. The number of hydrogen-bond acceptors (Lipinski definition) is 3. The molecule has 2 aromatic rings. The quantitative estimate of drug-likeness (QED) is 0.746. The zero-order valence-corrected chi connectivity index (χ0v) is 13.8. The first-order valence-corrected chi connectivity index (χ1v) is 7.64. The van der Waals surface area contributed by atoms with Crippen molar-refractivity contribution in [1.29, 1.82) is 0 Å². The van der Waals surface area contributed by atoms with E-state index in [0.717, 1.165) is 12.1 Å². The molecule has 0 aliphatic rings. The van der Waals surface area contributed by atoms with Crippen LogP contribution in [0.25, 0.3) is 0 Å². The lowest BCUT2D eigenvalue weighted by atomic mass is 10.1. The van der Waals surface area contributed by atoms with Crippen LogP contribution in [-0.2, 0) is 4.79 Å². The van der Waals surface area contributed by atoms with Gasteiger partial charge in [0.15, 0.2) is 0 Å². The molecule has 0 aliphatic carbocycles. The van der Waals surface area contributed by atoms with Crippen molar-refractivity contribution in [2.24, 2.45) is 5.92 Å². The molecule has 0 aliphatic heterocycles. The van der Waals surface area contributed by atoms with E-state index in [0.29, 0.717) is 11.3 Å². The highest BCUT2D eigenvalue weighted by Crippen LogP contribution is 2.11. The lowest BCUT2D eigenvalue weighted by molar-refractivity contribution is -0.118. The summed E-state index contributed by atoms with van der Waals surface area (Å²) < 4.78 is 12.8. The molecule has 3 N–H and O–H groups in total. The fourth-order valence-electron chi connectivity index (χ4n) is 1.85. The molecule has 0 bridgehead atoms. The van der Waals surface area contributed by atoms with E-state index >= 15 is 0 Å². The lowest BCUT2D eigenvalue weighted by Crippen LogP contribution is -2.41. The number of hydrogen-bond donors (Lipinski definition) is 3. The molecular formula is C18H18FN3O3. The summed E-state index contributed by atoms with van der Waals surface area (Å²) in [4.78, 5) is 35.4. The zero-order valence-electron chi connectivity index (χ0n) is 13.8. The van der Waals surface area contributed by atoms with Crippen LogP contribution < -0.4 is 16.2 Å². The van der Waals surface area contributed by atoms with Crippen LogP contribution in [0, 0.1) is 11.7 Å². The average molecular weight is 343 g/mol. The van der Waals surface area contributed by atoms with E-state index in [-0.39, 0.29) is 17.4 Å². The Balaban J connectivity index is 1.91. The molecule has 3 amide bonds. The number of benzene rings is 2. The van der Waals surface area contributed by atoms with Crippen molar-refractivity contribution in [1.82, 2.24) is 10.9 Å². The van der Waals surface area contributed by atoms with Gasteiger partial charge in [0.1, 0.15) is 5.82 Å². The third-order valence-electron chi connectivity index (χ3n) is 3.33. The topological polar surface area (TPSA) is 87.3 Å². The Kier molecular flexibility index (Phi) is 5.84. The molecule has 6 nitrogen and oxygen atoms in total. The van der Waals surface area contributed by atoms with E-state index in [1.807, 2.05) is 0 Å². The van der Waals surface area contributed by atoms with Gasteiger partial charge in [-0.25, -0.2) is 4.39 Å². The van der Waals surface area contributed by atoms with Crippen LogP contribution in [-0.4, -0.2) is 17.7 Å². The average Bonchev–Trinajstić information content (AvgIpc) is 2.60. The summed E-state index contributed by atoms with van der Waals surface area (Å²) in [6, 6.07) is 11.2. The van der Waals surface area contributed by atoms with Crippen molar-refractivity contribution in [3.63, 3.8) is 0 Å². The smallest absolute Gasteiger partial charge is 0.269 e. The predicted octanol–water partition coefficient (Wildman–Crippen LogP) is 2.50. The SMILES string of the molecule is CC(C)C(=O)Nc1ccc(C(=O)NNC(=O)c2ccc(F)cc2)cc1. The molecule has 2 rings (SSSR count). The van der Waals surface area contributed by atoms with Crippen molar-refractivity contribution in [2.75, 3.05) is 5.32 Å². The highest BCUT2D eigenvalue weighted by Gasteiger charge is 2.10. The predicted molar refractivity (Wildman–Crippen MR) is 91.2 cm³/mol. The Bertz CT molecular complexity index is 771. The number of halogens is 1. The lowest BCUT2D eigenvalue weighted by Gasteiger charge is -2.09. The molecule has 0 saturated carbocycles. The second kappa shape index (κ2) is 8.05. The molecule has 0 aromatic heterocycles. The minimum Gasteiger partial charge on any atom is -0.326 e. The van der Waals surface area contributed by atoms with Crippen molar-refractivity contribution in [2.45, 2.75) is 13.8 Å². The Morgan fingerprint density at radius 1 is 0.800 bits per heavy atom. The van der Waals surface area contributed by atoms with Crippen LogP contribution in [0.1, 0.15) is 34.6 Å². The summed E-state index contributed by atoms with van der Waals surface area (Å²) in [6.45, 7) is 3.56. The van der Waals surface area contributed by atoms with Gasteiger partial charge in [-0.05, 0) is 48.5 Å². The van der Waals surface area contributed by atoms with E-state index in [2.05, 4.69) is 16.2 Å². The van der Waals surface area contributed by atoms with Gasteiger partial charge in [-0.15, -0.1) is 0 Å². The van der Waals surface area contributed by atoms with Gasteiger partial charge in [-0.2, -0.15) is 0 Å². The van der Waals surface area contributed by atoms with Crippen LogP contribution in [0.2, 0.25) is 0 Å². The number of amides is 3. The maximum Gasteiger partial charge on any atom is 0.269 e. The minimum atomic E-state index is -0.561. The summed E-state index contributed by atoms with van der Waals surface area (Å²) in [7, 11) is 0. The monoisotopic (exact) mass is 343 g/mol. The molecule has 0 atom stereocenters. The van der Waals surface area contributed by atoms with Gasteiger partial charge in [-0.3, -0.25) is 25.2 Å². The molecule has 0 fully saturated rings. The summed E-state index contributed by atoms with van der Waals surface area (Å²) in [5.74, 6) is -1.80. The van der Waals surface area contributed by atoms with Crippen LogP contribution in [0.15, 0.2) is 48.5 Å². The minimum absolute atomic E-state index is 0.122. The highest BCUT2D eigenvalue weighted by molar-refractivity contribution is 5.99. The molecule has 0 unspecified atom stereocenters. The largest absolute Gasteiger partial charge is 0.326 e. The molecular weight excluding hydrogens is 325 g/mol.